The minimum absolute atomic E-state index is 0.223. The first kappa shape index (κ1) is 23.4. The summed E-state index contributed by atoms with van der Waals surface area (Å²) in [5.41, 5.74) is 7.03. The first-order valence-corrected chi connectivity index (χ1v) is 11.5. The highest BCUT2D eigenvalue weighted by molar-refractivity contribution is 5.93. The van der Waals surface area contributed by atoms with Gasteiger partial charge in [0.2, 0.25) is 0 Å². The molecule has 0 fully saturated rings. The highest BCUT2D eigenvalue weighted by atomic mass is 16.5. The molecule has 1 atom stereocenters. The Morgan fingerprint density at radius 2 is 1.68 bits per heavy atom. The molecule has 1 aromatic heterocycles. The van der Waals surface area contributed by atoms with Crippen molar-refractivity contribution in [2.75, 3.05) is 33.2 Å². The molecule has 1 heterocycles. The van der Waals surface area contributed by atoms with Gasteiger partial charge >= 0.3 is 5.97 Å². The third-order valence-electron chi connectivity index (χ3n) is 6.61. The summed E-state index contributed by atoms with van der Waals surface area (Å²) in [6.45, 7) is 5.18. The van der Waals surface area contributed by atoms with Gasteiger partial charge in [0.1, 0.15) is 5.75 Å². The van der Waals surface area contributed by atoms with Crippen molar-refractivity contribution < 1.29 is 14.3 Å². The van der Waals surface area contributed by atoms with Crippen LogP contribution in [0.4, 0.5) is 5.69 Å². The van der Waals surface area contributed by atoms with E-state index < -0.39 is 0 Å². The standard InChI is InChI=1S/C29H32N2O3/c1-7-31-19(2)27(23-14-10-11-15-25(23)31)28(21-12-8-9-13-22(21)29(32)34-6)24-17-16-20(30(3)4)18-26(24)33-5/h8-18,28H,7H2,1-6H3. The number of hydrogen-bond acceptors (Lipinski definition) is 4. The lowest BCUT2D eigenvalue weighted by atomic mass is 9.81. The van der Waals surface area contributed by atoms with Gasteiger partial charge in [-0.15, -0.1) is 0 Å². The summed E-state index contributed by atoms with van der Waals surface area (Å²) in [4.78, 5) is 14.9. The van der Waals surface area contributed by atoms with Crippen LogP contribution in [0.1, 0.15) is 45.6 Å². The number of anilines is 1. The van der Waals surface area contributed by atoms with Crippen molar-refractivity contribution in [2.45, 2.75) is 26.3 Å². The minimum Gasteiger partial charge on any atom is -0.496 e. The van der Waals surface area contributed by atoms with Gasteiger partial charge < -0.3 is 18.9 Å². The number of ether oxygens (including phenoxy) is 2. The summed E-state index contributed by atoms with van der Waals surface area (Å²) in [7, 11) is 7.15. The smallest absolute Gasteiger partial charge is 0.338 e. The van der Waals surface area contributed by atoms with E-state index in [9.17, 15) is 4.79 Å². The molecular weight excluding hydrogens is 424 g/mol. The van der Waals surface area contributed by atoms with E-state index in [0.29, 0.717) is 5.56 Å². The van der Waals surface area contributed by atoms with Gasteiger partial charge in [-0.1, -0.05) is 42.5 Å². The van der Waals surface area contributed by atoms with Crippen molar-refractivity contribution in [3.05, 3.63) is 94.7 Å². The molecule has 176 valence electrons. The van der Waals surface area contributed by atoms with Crippen molar-refractivity contribution in [2.24, 2.45) is 0 Å². The Morgan fingerprint density at radius 1 is 0.971 bits per heavy atom. The van der Waals surface area contributed by atoms with Gasteiger partial charge in [-0.25, -0.2) is 4.79 Å². The Balaban J connectivity index is 2.11. The molecular formula is C29H32N2O3. The lowest BCUT2D eigenvalue weighted by molar-refractivity contribution is 0.0599. The molecule has 4 rings (SSSR count). The number of aromatic nitrogens is 1. The number of aryl methyl sites for hydroxylation is 1. The molecule has 0 saturated heterocycles. The van der Waals surface area contributed by atoms with E-state index in [1.165, 1.54) is 29.3 Å². The van der Waals surface area contributed by atoms with Gasteiger partial charge in [-0.2, -0.15) is 0 Å². The van der Waals surface area contributed by atoms with E-state index >= 15 is 0 Å². The average Bonchev–Trinajstić information content (AvgIpc) is 3.15. The number of esters is 1. The number of carbonyl (C=O) groups is 1. The molecule has 0 bridgehead atoms. The molecule has 3 aromatic carbocycles. The number of methoxy groups -OCH3 is 2. The van der Waals surface area contributed by atoms with Gasteiger partial charge in [0.15, 0.2) is 0 Å². The van der Waals surface area contributed by atoms with Crippen LogP contribution >= 0.6 is 0 Å². The van der Waals surface area contributed by atoms with Crippen molar-refractivity contribution in [3.63, 3.8) is 0 Å². The number of para-hydroxylation sites is 1. The van der Waals surface area contributed by atoms with E-state index in [1.807, 2.05) is 38.4 Å². The van der Waals surface area contributed by atoms with Crippen LogP contribution in [-0.4, -0.2) is 38.9 Å². The van der Waals surface area contributed by atoms with E-state index in [-0.39, 0.29) is 11.9 Å². The molecule has 0 aliphatic heterocycles. The van der Waals surface area contributed by atoms with Crippen LogP contribution in [0.15, 0.2) is 66.7 Å². The second kappa shape index (κ2) is 9.64. The lowest BCUT2D eigenvalue weighted by Crippen LogP contribution is -2.14. The summed E-state index contributed by atoms with van der Waals surface area (Å²) in [5.74, 6) is 0.212. The Morgan fingerprint density at radius 3 is 2.35 bits per heavy atom. The summed E-state index contributed by atoms with van der Waals surface area (Å²) in [6, 6.07) is 22.4. The van der Waals surface area contributed by atoms with Crippen molar-refractivity contribution in [1.29, 1.82) is 0 Å². The highest BCUT2D eigenvalue weighted by Gasteiger charge is 2.30. The van der Waals surface area contributed by atoms with Gasteiger partial charge in [0.05, 0.1) is 19.8 Å². The van der Waals surface area contributed by atoms with Crippen LogP contribution in [0.5, 0.6) is 5.75 Å². The fourth-order valence-corrected chi connectivity index (χ4v) is 4.97. The molecule has 0 aliphatic carbocycles. The Bertz CT molecular complexity index is 1340. The number of carbonyl (C=O) groups excluding carboxylic acids is 1. The summed E-state index contributed by atoms with van der Waals surface area (Å²) >= 11 is 0. The zero-order chi connectivity index (χ0) is 24.4. The molecule has 0 N–H and O–H groups in total. The topological polar surface area (TPSA) is 43.7 Å². The molecule has 0 aliphatic rings. The molecule has 4 aromatic rings. The Kier molecular flexibility index (Phi) is 6.64. The number of nitrogens with zero attached hydrogens (tertiary/aromatic N) is 2. The van der Waals surface area contributed by atoms with E-state index in [0.717, 1.165) is 29.1 Å². The van der Waals surface area contributed by atoms with Crippen LogP contribution in [-0.2, 0) is 11.3 Å². The second-order valence-corrected chi connectivity index (χ2v) is 8.59. The maximum atomic E-state index is 12.8. The Labute approximate surface area is 201 Å². The van der Waals surface area contributed by atoms with Crippen LogP contribution in [0.3, 0.4) is 0 Å². The van der Waals surface area contributed by atoms with E-state index in [2.05, 4.69) is 65.8 Å². The van der Waals surface area contributed by atoms with Crippen LogP contribution < -0.4 is 9.64 Å². The predicted octanol–water partition coefficient (Wildman–Crippen LogP) is 6.01. The fourth-order valence-electron chi connectivity index (χ4n) is 4.97. The highest BCUT2D eigenvalue weighted by Crippen LogP contribution is 2.44. The maximum Gasteiger partial charge on any atom is 0.338 e. The minimum atomic E-state index is -0.346. The first-order valence-electron chi connectivity index (χ1n) is 11.5. The van der Waals surface area contributed by atoms with Crippen LogP contribution in [0, 0.1) is 6.92 Å². The lowest BCUT2D eigenvalue weighted by Gasteiger charge is -2.25. The summed E-state index contributed by atoms with van der Waals surface area (Å²) < 4.78 is 13.4. The fraction of sp³-hybridized carbons (Fsp3) is 0.276. The van der Waals surface area contributed by atoms with Gasteiger partial charge in [0, 0.05) is 60.5 Å². The third-order valence-corrected chi connectivity index (χ3v) is 6.61. The van der Waals surface area contributed by atoms with Crippen molar-refractivity contribution >= 4 is 22.6 Å². The summed E-state index contributed by atoms with van der Waals surface area (Å²) in [6.07, 6.45) is 0. The van der Waals surface area contributed by atoms with Gasteiger partial charge in [-0.3, -0.25) is 0 Å². The van der Waals surface area contributed by atoms with Crippen LogP contribution in [0.2, 0.25) is 0 Å². The molecule has 0 amide bonds. The number of hydrogen-bond donors (Lipinski definition) is 0. The zero-order valence-electron chi connectivity index (χ0n) is 20.8. The molecule has 0 spiro atoms. The third kappa shape index (κ3) is 3.92. The predicted molar refractivity (Wildman–Crippen MR) is 138 cm³/mol. The summed E-state index contributed by atoms with van der Waals surface area (Å²) in [5, 5.41) is 1.17. The zero-order valence-corrected chi connectivity index (χ0v) is 20.8. The van der Waals surface area contributed by atoms with E-state index in [1.54, 1.807) is 7.11 Å². The van der Waals surface area contributed by atoms with Crippen molar-refractivity contribution in [3.8, 4) is 5.75 Å². The molecule has 5 nitrogen and oxygen atoms in total. The number of benzene rings is 3. The molecule has 5 heteroatoms. The Hall–Kier alpha value is -3.73. The molecule has 0 radical (unpaired) electrons. The van der Waals surface area contributed by atoms with Crippen LogP contribution in [0.25, 0.3) is 10.9 Å². The number of rotatable bonds is 7. The largest absolute Gasteiger partial charge is 0.496 e. The monoisotopic (exact) mass is 456 g/mol. The quantitative estimate of drug-likeness (QED) is 0.319. The van der Waals surface area contributed by atoms with Gasteiger partial charge in [-0.05, 0) is 43.2 Å². The maximum absolute atomic E-state index is 12.8. The second-order valence-electron chi connectivity index (χ2n) is 8.59. The van der Waals surface area contributed by atoms with E-state index in [4.69, 9.17) is 9.47 Å². The normalized spacial score (nSPS) is 11.9. The average molecular weight is 457 g/mol. The number of fused-ring (bicyclic) bond motifs is 1. The van der Waals surface area contributed by atoms with Crippen molar-refractivity contribution in [1.82, 2.24) is 4.57 Å². The molecule has 0 saturated carbocycles. The first-order chi connectivity index (χ1) is 16.4. The van der Waals surface area contributed by atoms with Gasteiger partial charge in [0.25, 0.3) is 0 Å². The SMILES string of the molecule is CCn1c(C)c(C(c2ccc(N(C)C)cc2OC)c2ccccc2C(=O)OC)c2ccccc21. The molecule has 34 heavy (non-hydrogen) atoms. The molecule has 1 unspecified atom stereocenters.